The van der Waals surface area contributed by atoms with E-state index in [0.717, 1.165) is 27.4 Å². The number of hydrogen-bond donors (Lipinski definition) is 0. The molecule has 5 nitrogen and oxygen atoms in total. The van der Waals surface area contributed by atoms with E-state index in [-0.39, 0.29) is 23.3 Å². The summed E-state index contributed by atoms with van der Waals surface area (Å²) in [5.74, 6) is -0.180. The summed E-state index contributed by atoms with van der Waals surface area (Å²) in [5.41, 5.74) is 3.61. The number of carbonyl (C=O) groups excluding carboxylic acids is 1. The minimum Gasteiger partial charge on any atom is -0.368 e. The molecule has 1 amide bonds. The standard InChI is InChI=1S/C26H24F2N4OS/c27-20-8-10-22(11-9-20)30-12-14-31(15-13-30)25(33)18-34-26-29-23-6-1-2-7-24(23)32(26)17-19-4-3-5-21(28)16-19/h1-11,16H,12-15,17-18H2. The third-order valence-electron chi connectivity index (χ3n) is 6.00. The van der Waals surface area contributed by atoms with Crippen LogP contribution in [0, 0.1) is 11.6 Å². The lowest BCUT2D eigenvalue weighted by atomic mass is 10.2. The SMILES string of the molecule is O=C(CSc1nc2ccccc2n1Cc1cccc(F)c1)N1CCN(c2ccc(F)cc2)CC1. The Morgan fingerprint density at radius 1 is 0.882 bits per heavy atom. The van der Waals surface area contributed by atoms with Crippen LogP contribution in [0.5, 0.6) is 0 Å². The molecule has 0 bridgehead atoms. The molecular weight excluding hydrogens is 454 g/mol. The Morgan fingerprint density at radius 2 is 1.65 bits per heavy atom. The van der Waals surface area contributed by atoms with E-state index in [1.807, 2.05) is 39.8 Å². The number of thioether (sulfide) groups is 1. The van der Waals surface area contributed by atoms with Gasteiger partial charge in [-0.15, -0.1) is 0 Å². The van der Waals surface area contributed by atoms with Gasteiger partial charge in [0.2, 0.25) is 5.91 Å². The molecule has 1 aliphatic rings. The summed E-state index contributed by atoms with van der Waals surface area (Å²) in [6, 6.07) is 20.8. The number of para-hydroxylation sites is 2. The maximum Gasteiger partial charge on any atom is 0.233 e. The summed E-state index contributed by atoms with van der Waals surface area (Å²) in [4.78, 5) is 21.7. The highest BCUT2D eigenvalue weighted by Gasteiger charge is 2.22. The molecule has 174 valence electrons. The third-order valence-corrected chi connectivity index (χ3v) is 6.96. The number of imidazole rings is 1. The molecule has 2 heterocycles. The Bertz CT molecular complexity index is 1300. The molecule has 8 heteroatoms. The van der Waals surface area contributed by atoms with E-state index in [1.165, 1.54) is 36.0 Å². The van der Waals surface area contributed by atoms with Gasteiger partial charge in [-0.3, -0.25) is 4.79 Å². The number of anilines is 1. The molecule has 0 unspecified atom stereocenters. The number of rotatable bonds is 6. The minimum absolute atomic E-state index is 0.0631. The topological polar surface area (TPSA) is 41.4 Å². The zero-order valence-electron chi connectivity index (χ0n) is 18.5. The third kappa shape index (κ3) is 4.92. The first-order valence-electron chi connectivity index (χ1n) is 11.2. The molecule has 4 aromatic rings. The summed E-state index contributed by atoms with van der Waals surface area (Å²) >= 11 is 1.41. The summed E-state index contributed by atoms with van der Waals surface area (Å²) < 4.78 is 28.9. The number of fused-ring (bicyclic) bond motifs is 1. The van der Waals surface area contributed by atoms with Gasteiger partial charge in [-0.2, -0.15) is 0 Å². The van der Waals surface area contributed by atoms with E-state index in [4.69, 9.17) is 4.98 Å². The van der Waals surface area contributed by atoms with Crippen molar-refractivity contribution in [2.24, 2.45) is 0 Å². The van der Waals surface area contributed by atoms with Crippen molar-refractivity contribution in [1.82, 2.24) is 14.5 Å². The summed E-state index contributed by atoms with van der Waals surface area (Å²) in [5, 5.41) is 0.740. The van der Waals surface area contributed by atoms with Gasteiger partial charge in [0.25, 0.3) is 0 Å². The molecule has 1 aromatic heterocycles. The minimum atomic E-state index is -0.272. The molecule has 0 atom stereocenters. The summed E-state index contributed by atoms with van der Waals surface area (Å²) in [6.07, 6.45) is 0. The molecule has 0 aliphatic carbocycles. The van der Waals surface area contributed by atoms with E-state index in [9.17, 15) is 13.6 Å². The van der Waals surface area contributed by atoms with E-state index < -0.39 is 0 Å². The molecular formula is C26H24F2N4OS. The maximum atomic E-state index is 13.7. The Labute approximate surface area is 201 Å². The highest BCUT2D eigenvalue weighted by Crippen LogP contribution is 2.26. The van der Waals surface area contributed by atoms with Gasteiger partial charge in [0, 0.05) is 31.9 Å². The van der Waals surface area contributed by atoms with Crippen LogP contribution in [0.15, 0.2) is 78.0 Å². The van der Waals surface area contributed by atoms with Crippen LogP contribution in [0.1, 0.15) is 5.56 Å². The zero-order valence-corrected chi connectivity index (χ0v) is 19.3. The van der Waals surface area contributed by atoms with Gasteiger partial charge < -0.3 is 14.4 Å². The number of aromatic nitrogens is 2. The quantitative estimate of drug-likeness (QED) is 0.373. The fourth-order valence-corrected chi connectivity index (χ4v) is 5.13. The number of benzene rings is 3. The largest absolute Gasteiger partial charge is 0.368 e. The molecule has 0 N–H and O–H groups in total. The van der Waals surface area contributed by atoms with E-state index in [2.05, 4.69) is 4.90 Å². The van der Waals surface area contributed by atoms with Crippen LogP contribution in [0.25, 0.3) is 11.0 Å². The molecule has 5 rings (SSSR count). The molecule has 0 radical (unpaired) electrons. The second-order valence-electron chi connectivity index (χ2n) is 8.23. The number of carbonyl (C=O) groups is 1. The smallest absolute Gasteiger partial charge is 0.233 e. The fourth-order valence-electron chi connectivity index (χ4n) is 4.22. The van der Waals surface area contributed by atoms with E-state index >= 15 is 0 Å². The van der Waals surface area contributed by atoms with E-state index in [0.29, 0.717) is 32.7 Å². The van der Waals surface area contributed by atoms with Gasteiger partial charge in [0.1, 0.15) is 11.6 Å². The van der Waals surface area contributed by atoms with Crippen molar-refractivity contribution < 1.29 is 13.6 Å². The van der Waals surface area contributed by atoms with Gasteiger partial charge in [-0.25, -0.2) is 13.8 Å². The van der Waals surface area contributed by atoms with Crippen molar-refractivity contribution in [3.05, 3.63) is 90.0 Å². The fraction of sp³-hybridized carbons (Fsp3) is 0.231. The lowest BCUT2D eigenvalue weighted by Gasteiger charge is -2.36. The molecule has 1 fully saturated rings. The Hall–Kier alpha value is -3.39. The van der Waals surface area contributed by atoms with Crippen LogP contribution in [0.3, 0.4) is 0 Å². The molecule has 0 spiro atoms. The molecule has 1 saturated heterocycles. The van der Waals surface area contributed by atoms with Crippen LogP contribution in [-0.4, -0.2) is 52.3 Å². The molecule has 1 aliphatic heterocycles. The summed E-state index contributed by atoms with van der Waals surface area (Å²) in [7, 11) is 0. The number of amides is 1. The van der Waals surface area contributed by atoms with Gasteiger partial charge in [-0.1, -0.05) is 36.0 Å². The van der Waals surface area contributed by atoms with Crippen molar-refractivity contribution >= 4 is 34.4 Å². The van der Waals surface area contributed by atoms with Crippen molar-refractivity contribution in [3.8, 4) is 0 Å². The highest BCUT2D eigenvalue weighted by atomic mass is 32.2. The number of hydrogen-bond acceptors (Lipinski definition) is 4. The summed E-state index contributed by atoms with van der Waals surface area (Å²) in [6.45, 7) is 3.14. The first-order valence-corrected chi connectivity index (χ1v) is 12.2. The van der Waals surface area contributed by atoms with Crippen LogP contribution in [-0.2, 0) is 11.3 Å². The highest BCUT2D eigenvalue weighted by molar-refractivity contribution is 7.99. The molecule has 34 heavy (non-hydrogen) atoms. The average Bonchev–Trinajstić information content (AvgIpc) is 3.20. The molecule has 0 saturated carbocycles. The first kappa shape index (κ1) is 22.4. The second kappa shape index (κ2) is 9.85. The Balaban J connectivity index is 1.25. The van der Waals surface area contributed by atoms with Crippen molar-refractivity contribution in [1.29, 1.82) is 0 Å². The van der Waals surface area contributed by atoms with Gasteiger partial charge >= 0.3 is 0 Å². The first-order chi connectivity index (χ1) is 16.6. The number of nitrogens with zero attached hydrogens (tertiary/aromatic N) is 4. The van der Waals surface area contributed by atoms with Gasteiger partial charge in [-0.05, 0) is 54.1 Å². The average molecular weight is 479 g/mol. The van der Waals surface area contributed by atoms with Crippen LogP contribution >= 0.6 is 11.8 Å². The van der Waals surface area contributed by atoms with Gasteiger partial charge in [0.05, 0.1) is 23.3 Å². The van der Waals surface area contributed by atoms with Gasteiger partial charge in [0.15, 0.2) is 5.16 Å². The molecule has 3 aromatic carbocycles. The maximum absolute atomic E-state index is 13.7. The van der Waals surface area contributed by atoms with Crippen molar-refractivity contribution in [3.63, 3.8) is 0 Å². The number of halogens is 2. The Morgan fingerprint density at radius 3 is 2.41 bits per heavy atom. The predicted octanol–water partition coefficient (Wildman–Crippen LogP) is 4.80. The lowest BCUT2D eigenvalue weighted by Crippen LogP contribution is -2.49. The monoisotopic (exact) mass is 478 g/mol. The second-order valence-corrected chi connectivity index (χ2v) is 9.17. The van der Waals surface area contributed by atoms with Crippen LogP contribution in [0.4, 0.5) is 14.5 Å². The van der Waals surface area contributed by atoms with Crippen molar-refractivity contribution in [2.75, 3.05) is 36.8 Å². The van der Waals surface area contributed by atoms with Crippen LogP contribution < -0.4 is 4.90 Å². The van der Waals surface area contributed by atoms with Crippen LogP contribution in [0.2, 0.25) is 0 Å². The Kier molecular flexibility index (Phi) is 6.49. The normalized spacial score (nSPS) is 14.1. The zero-order chi connectivity index (χ0) is 23.5. The van der Waals surface area contributed by atoms with Crippen molar-refractivity contribution in [2.45, 2.75) is 11.7 Å². The number of piperazine rings is 1. The predicted molar refractivity (Wildman–Crippen MR) is 131 cm³/mol. The van der Waals surface area contributed by atoms with E-state index in [1.54, 1.807) is 18.2 Å². The lowest BCUT2D eigenvalue weighted by molar-refractivity contribution is -0.128.